The van der Waals surface area contributed by atoms with Crippen LogP contribution in [0.1, 0.15) is 22.5 Å². The molecular weight excluding hydrogens is 448 g/mol. The number of carboxylic acids is 1. The summed E-state index contributed by atoms with van der Waals surface area (Å²) in [7, 11) is 0. The topological polar surface area (TPSA) is 109 Å². The van der Waals surface area contributed by atoms with E-state index in [4.69, 9.17) is 4.42 Å². The van der Waals surface area contributed by atoms with Gasteiger partial charge in [0.25, 0.3) is 11.8 Å². The maximum atomic E-state index is 12.7. The highest BCUT2D eigenvalue weighted by Gasteiger charge is 2.23. The summed E-state index contributed by atoms with van der Waals surface area (Å²) in [4.78, 5) is 36.7. The first kappa shape index (κ1) is 21.8. The molecule has 2 aromatic rings. The van der Waals surface area contributed by atoms with Gasteiger partial charge < -0.3 is 20.2 Å². The number of hydrogen-bond donors (Lipinski definition) is 3. The second-order valence-corrected chi connectivity index (χ2v) is 7.49. The molecule has 0 aliphatic rings. The fraction of sp³-hybridized carbons (Fsp3) is 0.211. The molecule has 0 aliphatic heterocycles. The van der Waals surface area contributed by atoms with Crippen molar-refractivity contribution < 1.29 is 23.9 Å². The van der Waals surface area contributed by atoms with E-state index in [0.717, 1.165) is 0 Å². The van der Waals surface area contributed by atoms with E-state index in [9.17, 15) is 19.5 Å². The van der Waals surface area contributed by atoms with E-state index in [2.05, 4.69) is 26.6 Å². The molecule has 1 atom stereocenters. The van der Waals surface area contributed by atoms with Crippen LogP contribution < -0.4 is 10.6 Å². The molecule has 1 unspecified atom stereocenters. The monoisotopic (exact) mass is 466 g/mol. The fourth-order valence-corrected chi connectivity index (χ4v) is 3.17. The van der Waals surface area contributed by atoms with Crippen molar-refractivity contribution in [3.8, 4) is 0 Å². The first-order valence-corrected chi connectivity index (χ1v) is 10.4. The Bertz CT molecular complexity index is 867. The maximum Gasteiger partial charge on any atom is 0.326 e. The molecule has 1 aromatic carbocycles. The van der Waals surface area contributed by atoms with Gasteiger partial charge in [0.15, 0.2) is 0 Å². The smallest absolute Gasteiger partial charge is 0.326 e. The van der Waals surface area contributed by atoms with Gasteiger partial charge in [0.05, 0.1) is 11.8 Å². The molecule has 0 spiro atoms. The van der Waals surface area contributed by atoms with Gasteiger partial charge in [-0.05, 0) is 58.6 Å². The molecule has 0 fully saturated rings. The summed E-state index contributed by atoms with van der Waals surface area (Å²) < 4.78 is 5.77. The largest absolute Gasteiger partial charge is 0.480 e. The first-order valence-electron chi connectivity index (χ1n) is 8.26. The van der Waals surface area contributed by atoms with Crippen LogP contribution in [0.5, 0.6) is 0 Å². The third kappa shape index (κ3) is 6.28. The van der Waals surface area contributed by atoms with E-state index in [1.54, 1.807) is 36.4 Å². The standard InChI is InChI=1S/C19H19BrN2O5S/c1-28-10-8-15(19(25)26)21-18(24)16(11-12-5-4-9-27-12)22-17(23)13-6-2-3-7-14(13)20/h2-7,9,11,15H,8,10H2,1H3,(H,21,24)(H,22,23)(H,25,26). The minimum absolute atomic E-state index is 0.119. The van der Waals surface area contributed by atoms with Crippen molar-refractivity contribution in [1.29, 1.82) is 0 Å². The van der Waals surface area contributed by atoms with Crippen LogP contribution in [0.15, 0.2) is 57.2 Å². The third-order valence-electron chi connectivity index (χ3n) is 3.66. The number of nitrogens with one attached hydrogen (secondary N) is 2. The van der Waals surface area contributed by atoms with E-state index < -0.39 is 23.8 Å². The van der Waals surface area contributed by atoms with Gasteiger partial charge >= 0.3 is 5.97 Å². The summed E-state index contributed by atoms with van der Waals surface area (Å²) >= 11 is 4.77. The van der Waals surface area contributed by atoms with E-state index in [1.165, 1.54) is 24.1 Å². The van der Waals surface area contributed by atoms with Crippen LogP contribution in [-0.2, 0) is 9.59 Å². The number of thioether (sulfide) groups is 1. The molecule has 148 valence electrons. The Kier molecular flexibility index (Phi) is 8.34. The molecule has 7 nitrogen and oxygen atoms in total. The molecule has 0 radical (unpaired) electrons. The normalized spacial score (nSPS) is 12.3. The molecule has 1 aromatic heterocycles. The quantitative estimate of drug-likeness (QED) is 0.489. The molecule has 28 heavy (non-hydrogen) atoms. The Hall–Kier alpha value is -2.52. The van der Waals surface area contributed by atoms with E-state index in [0.29, 0.717) is 21.5 Å². The zero-order valence-electron chi connectivity index (χ0n) is 15.0. The number of hydrogen-bond acceptors (Lipinski definition) is 5. The van der Waals surface area contributed by atoms with Crippen molar-refractivity contribution in [3.63, 3.8) is 0 Å². The van der Waals surface area contributed by atoms with Gasteiger partial charge in [0.2, 0.25) is 0 Å². The van der Waals surface area contributed by atoms with Gasteiger partial charge in [-0.25, -0.2) is 4.79 Å². The Morgan fingerprint density at radius 1 is 1.25 bits per heavy atom. The predicted molar refractivity (Wildman–Crippen MR) is 111 cm³/mol. The molecule has 9 heteroatoms. The van der Waals surface area contributed by atoms with Crippen molar-refractivity contribution >= 4 is 51.6 Å². The first-order chi connectivity index (χ1) is 13.4. The molecule has 0 saturated carbocycles. The van der Waals surface area contributed by atoms with Crippen LogP contribution in [0.25, 0.3) is 6.08 Å². The van der Waals surface area contributed by atoms with Crippen molar-refractivity contribution in [2.75, 3.05) is 12.0 Å². The number of carboxylic acid groups (broad SMARTS) is 1. The second kappa shape index (κ2) is 10.7. The number of carbonyl (C=O) groups excluding carboxylic acids is 2. The molecule has 3 N–H and O–H groups in total. The van der Waals surface area contributed by atoms with Crippen molar-refractivity contribution in [1.82, 2.24) is 10.6 Å². The lowest BCUT2D eigenvalue weighted by molar-refractivity contribution is -0.141. The highest BCUT2D eigenvalue weighted by atomic mass is 79.9. The minimum Gasteiger partial charge on any atom is -0.480 e. The van der Waals surface area contributed by atoms with Crippen LogP contribution in [0.3, 0.4) is 0 Å². The molecule has 2 rings (SSSR count). The Morgan fingerprint density at radius 3 is 2.61 bits per heavy atom. The minimum atomic E-state index is -1.14. The number of furan rings is 1. The van der Waals surface area contributed by atoms with Gasteiger partial charge in [-0.2, -0.15) is 11.8 Å². The third-order valence-corrected chi connectivity index (χ3v) is 4.99. The number of rotatable bonds is 9. The fourth-order valence-electron chi connectivity index (χ4n) is 2.24. The summed E-state index contributed by atoms with van der Waals surface area (Å²) in [5.74, 6) is -1.47. The van der Waals surface area contributed by atoms with E-state index in [-0.39, 0.29) is 12.1 Å². The van der Waals surface area contributed by atoms with Crippen molar-refractivity contribution in [3.05, 3.63) is 64.2 Å². The van der Waals surface area contributed by atoms with Gasteiger partial charge in [-0.1, -0.05) is 12.1 Å². The van der Waals surface area contributed by atoms with Crippen LogP contribution in [0.2, 0.25) is 0 Å². The molecular formula is C19H19BrN2O5S. The maximum absolute atomic E-state index is 12.7. The SMILES string of the molecule is CSCCC(NC(=O)C(=Cc1ccco1)NC(=O)c1ccccc1Br)C(=O)O. The average Bonchev–Trinajstić information content (AvgIpc) is 3.17. The van der Waals surface area contributed by atoms with Crippen molar-refractivity contribution in [2.45, 2.75) is 12.5 Å². The van der Waals surface area contributed by atoms with Gasteiger partial charge in [0.1, 0.15) is 17.5 Å². The highest BCUT2D eigenvalue weighted by molar-refractivity contribution is 9.10. The van der Waals surface area contributed by atoms with Gasteiger partial charge in [0, 0.05) is 10.5 Å². The number of amides is 2. The lowest BCUT2D eigenvalue weighted by atomic mass is 10.2. The molecule has 0 saturated heterocycles. The zero-order valence-corrected chi connectivity index (χ0v) is 17.4. The second-order valence-electron chi connectivity index (χ2n) is 5.65. The average molecular weight is 467 g/mol. The Morgan fingerprint density at radius 2 is 2.00 bits per heavy atom. The summed E-state index contributed by atoms with van der Waals surface area (Å²) in [5, 5.41) is 14.3. The molecule has 0 bridgehead atoms. The molecule has 0 aliphatic carbocycles. The number of carbonyl (C=O) groups is 3. The number of halogens is 1. The molecule has 1 heterocycles. The van der Waals surface area contributed by atoms with Crippen LogP contribution >= 0.6 is 27.7 Å². The lowest BCUT2D eigenvalue weighted by Crippen LogP contribution is -2.44. The van der Waals surface area contributed by atoms with E-state index in [1.807, 2.05) is 6.26 Å². The lowest BCUT2D eigenvalue weighted by Gasteiger charge is -2.16. The van der Waals surface area contributed by atoms with Crippen molar-refractivity contribution in [2.24, 2.45) is 0 Å². The Labute approximate surface area is 174 Å². The van der Waals surface area contributed by atoms with Gasteiger partial charge in [-0.3, -0.25) is 9.59 Å². The van der Waals surface area contributed by atoms with Gasteiger partial charge in [-0.15, -0.1) is 0 Å². The highest BCUT2D eigenvalue weighted by Crippen LogP contribution is 2.16. The zero-order chi connectivity index (χ0) is 20.5. The number of aliphatic carboxylic acids is 1. The molecule has 2 amide bonds. The number of benzene rings is 1. The summed E-state index contributed by atoms with van der Waals surface area (Å²) in [5.41, 5.74) is 0.212. The van der Waals surface area contributed by atoms with E-state index >= 15 is 0 Å². The van der Waals surface area contributed by atoms with Crippen LogP contribution in [-0.4, -0.2) is 40.9 Å². The summed E-state index contributed by atoms with van der Waals surface area (Å²) in [6, 6.07) is 8.93. The van der Waals surface area contributed by atoms with Crippen LogP contribution in [0, 0.1) is 0 Å². The predicted octanol–water partition coefficient (Wildman–Crippen LogP) is 3.14. The summed E-state index contributed by atoms with van der Waals surface area (Å²) in [6.45, 7) is 0. The Balaban J connectivity index is 2.24. The van der Waals surface area contributed by atoms with Crippen LogP contribution in [0.4, 0.5) is 0 Å². The summed E-state index contributed by atoms with van der Waals surface area (Å²) in [6.07, 6.45) is 4.88.